The summed E-state index contributed by atoms with van der Waals surface area (Å²) in [5.41, 5.74) is 1.91. The standard InChI is InChI=1S/C23H30N2O5S/c1-3-5-17-30-23(27)19-9-11-20(12-10-19)25-22(26)15-8-18-6-13-21(14-7-18)31(28,29)24-16-4-2/h6-7,9-14,24H,3-5,8,15-17H2,1-2H3,(H,25,26). The van der Waals surface area contributed by atoms with Crippen LogP contribution in [0.2, 0.25) is 0 Å². The van der Waals surface area contributed by atoms with E-state index in [1.54, 1.807) is 48.5 Å². The van der Waals surface area contributed by atoms with Crippen molar-refractivity contribution in [3.05, 3.63) is 59.7 Å². The number of anilines is 1. The number of carbonyl (C=O) groups excluding carboxylic acids is 2. The number of amides is 1. The number of esters is 1. The number of sulfonamides is 1. The largest absolute Gasteiger partial charge is 0.462 e. The van der Waals surface area contributed by atoms with E-state index in [-0.39, 0.29) is 23.2 Å². The monoisotopic (exact) mass is 446 g/mol. The summed E-state index contributed by atoms with van der Waals surface area (Å²) in [7, 11) is -3.49. The first-order chi connectivity index (χ1) is 14.9. The number of rotatable bonds is 12. The van der Waals surface area contributed by atoms with Crippen LogP contribution in [0.1, 0.15) is 55.5 Å². The summed E-state index contributed by atoms with van der Waals surface area (Å²) in [5, 5.41) is 2.79. The molecule has 2 aromatic rings. The van der Waals surface area contributed by atoms with Crippen molar-refractivity contribution >= 4 is 27.6 Å². The maximum atomic E-state index is 12.2. The summed E-state index contributed by atoms with van der Waals surface area (Å²) in [5.74, 6) is -0.540. The van der Waals surface area contributed by atoms with Crippen LogP contribution >= 0.6 is 0 Å². The van der Waals surface area contributed by atoms with Gasteiger partial charge in [-0.25, -0.2) is 17.9 Å². The summed E-state index contributed by atoms with van der Waals surface area (Å²) in [6, 6.07) is 13.1. The van der Waals surface area contributed by atoms with Gasteiger partial charge in [-0.1, -0.05) is 32.4 Å². The van der Waals surface area contributed by atoms with Crippen LogP contribution in [0, 0.1) is 0 Å². The first-order valence-electron chi connectivity index (χ1n) is 10.5. The molecule has 0 bridgehead atoms. The van der Waals surface area contributed by atoms with Gasteiger partial charge in [-0.3, -0.25) is 4.79 Å². The summed E-state index contributed by atoms with van der Waals surface area (Å²) in [6.07, 6.45) is 3.24. The topological polar surface area (TPSA) is 102 Å². The zero-order valence-electron chi connectivity index (χ0n) is 18.0. The van der Waals surface area contributed by atoms with Crippen molar-refractivity contribution in [3.8, 4) is 0 Å². The lowest BCUT2D eigenvalue weighted by Gasteiger charge is -2.08. The molecule has 0 saturated carbocycles. The van der Waals surface area contributed by atoms with Gasteiger partial charge in [0.25, 0.3) is 0 Å². The predicted molar refractivity (Wildman–Crippen MR) is 121 cm³/mol. The van der Waals surface area contributed by atoms with Crippen molar-refractivity contribution in [3.63, 3.8) is 0 Å². The molecule has 2 aromatic carbocycles. The molecular formula is C23H30N2O5S. The lowest BCUT2D eigenvalue weighted by Crippen LogP contribution is -2.24. The fraction of sp³-hybridized carbons (Fsp3) is 0.391. The molecule has 0 aliphatic carbocycles. The Morgan fingerprint density at radius 3 is 2.23 bits per heavy atom. The van der Waals surface area contributed by atoms with Crippen LogP contribution < -0.4 is 10.0 Å². The maximum Gasteiger partial charge on any atom is 0.338 e. The van der Waals surface area contributed by atoms with E-state index in [2.05, 4.69) is 10.0 Å². The number of hydrogen-bond donors (Lipinski definition) is 2. The third-order valence-corrected chi connectivity index (χ3v) is 6.03. The van der Waals surface area contributed by atoms with E-state index in [1.165, 1.54) is 0 Å². The quantitative estimate of drug-likeness (QED) is 0.380. The van der Waals surface area contributed by atoms with Crippen molar-refractivity contribution in [2.24, 2.45) is 0 Å². The minimum absolute atomic E-state index is 0.167. The molecule has 0 saturated heterocycles. The Morgan fingerprint density at radius 1 is 0.935 bits per heavy atom. The number of benzene rings is 2. The van der Waals surface area contributed by atoms with Crippen molar-refractivity contribution in [1.82, 2.24) is 4.72 Å². The van der Waals surface area contributed by atoms with E-state index in [4.69, 9.17) is 4.74 Å². The van der Waals surface area contributed by atoms with Crippen LogP contribution in [-0.2, 0) is 26.0 Å². The Kier molecular flexibility index (Phi) is 9.68. The zero-order valence-corrected chi connectivity index (χ0v) is 18.8. The van der Waals surface area contributed by atoms with E-state index in [0.717, 1.165) is 24.8 Å². The molecule has 2 rings (SSSR count). The summed E-state index contributed by atoms with van der Waals surface area (Å²) >= 11 is 0. The van der Waals surface area contributed by atoms with Gasteiger partial charge in [-0.05, 0) is 61.2 Å². The van der Waals surface area contributed by atoms with Crippen LogP contribution in [0.25, 0.3) is 0 Å². The highest BCUT2D eigenvalue weighted by molar-refractivity contribution is 7.89. The van der Waals surface area contributed by atoms with Gasteiger partial charge < -0.3 is 10.1 Å². The minimum Gasteiger partial charge on any atom is -0.462 e. The van der Waals surface area contributed by atoms with Crippen LogP contribution in [0.5, 0.6) is 0 Å². The molecule has 0 aliphatic heterocycles. The molecule has 0 atom stereocenters. The van der Waals surface area contributed by atoms with Crippen molar-refractivity contribution in [2.45, 2.75) is 50.8 Å². The average molecular weight is 447 g/mol. The molecule has 0 fully saturated rings. The molecule has 31 heavy (non-hydrogen) atoms. The van der Waals surface area contributed by atoms with E-state index < -0.39 is 10.0 Å². The molecule has 0 heterocycles. The smallest absolute Gasteiger partial charge is 0.338 e. The van der Waals surface area contributed by atoms with Gasteiger partial charge in [0.2, 0.25) is 15.9 Å². The molecule has 0 spiro atoms. The summed E-state index contributed by atoms with van der Waals surface area (Å²) < 4.78 is 31.9. The number of ether oxygens (including phenoxy) is 1. The number of aryl methyl sites for hydroxylation is 1. The lowest BCUT2D eigenvalue weighted by molar-refractivity contribution is -0.116. The Labute approximate surface area is 184 Å². The number of nitrogens with one attached hydrogen (secondary N) is 2. The first kappa shape index (κ1) is 24.6. The molecule has 8 heteroatoms. The Morgan fingerprint density at radius 2 is 1.61 bits per heavy atom. The summed E-state index contributed by atoms with van der Waals surface area (Å²) in [6.45, 7) is 4.71. The second-order valence-electron chi connectivity index (χ2n) is 7.16. The number of hydrogen-bond acceptors (Lipinski definition) is 5. The maximum absolute atomic E-state index is 12.2. The molecule has 1 amide bonds. The van der Waals surface area contributed by atoms with Crippen LogP contribution in [0.3, 0.4) is 0 Å². The van der Waals surface area contributed by atoms with E-state index in [9.17, 15) is 18.0 Å². The predicted octanol–water partition coefficient (Wildman–Crippen LogP) is 3.90. The van der Waals surface area contributed by atoms with Gasteiger partial charge in [0, 0.05) is 18.7 Å². The molecule has 0 unspecified atom stereocenters. The SMILES string of the molecule is CCCCOC(=O)c1ccc(NC(=O)CCc2ccc(S(=O)(=O)NCCC)cc2)cc1. The van der Waals surface area contributed by atoms with Gasteiger partial charge >= 0.3 is 5.97 Å². The molecule has 0 aliphatic rings. The fourth-order valence-corrected chi connectivity index (χ4v) is 3.85. The number of carbonyl (C=O) groups is 2. The molecule has 168 valence electrons. The van der Waals surface area contributed by atoms with E-state index >= 15 is 0 Å². The van der Waals surface area contributed by atoms with Crippen molar-refractivity contribution in [1.29, 1.82) is 0 Å². The van der Waals surface area contributed by atoms with Gasteiger partial charge in [0.15, 0.2) is 0 Å². The molecule has 2 N–H and O–H groups in total. The Balaban J connectivity index is 1.83. The van der Waals surface area contributed by atoms with Gasteiger partial charge in [0.05, 0.1) is 17.1 Å². The highest BCUT2D eigenvalue weighted by Gasteiger charge is 2.13. The first-order valence-corrected chi connectivity index (χ1v) is 12.0. The van der Waals surface area contributed by atoms with Gasteiger partial charge in [-0.2, -0.15) is 0 Å². The zero-order chi connectivity index (χ0) is 22.7. The van der Waals surface area contributed by atoms with Crippen LogP contribution in [0.4, 0.5) is 5.69 Å². The van der Waals surface area contributed by atoms with E-state index in [1.807, 2.05) is 13.8 Å². The average Bonchev–Trinajstić information content (AvgIpc) is 2.77. The van der Waals surface area contributed by atoms with Crippen molar-refractivity contribution < 1.29 is 22.7 Å². The second kappa shape index (κ2) is 12.2. The Bertz CT molecular complexity index is 954. The second-order valence-corrected chi connectivity index (χ2v) is 8.92. The summed E-state index contributed by atoms with van der Waals surface area (Å²) in [4.78, 5) is 24.3. The highest BCUT2D eigenvalue weighted by Crippen LogP contribution is 2.14. The Hall–Kier alpha value is -2.71. The number of unbranched alkanes of at least 4 members (excludes halogenated alkanes) is 1. The van der Waals surface area contributed by atoms with E-state index in [0.29, 0.717) is 30.8 Å². The van der Waals surface area contributed by atoms with Gasteiger partial charge in [0.1, 0.15) is 0 Å². The molecule has 7 nitrogen and oxygen atoms in total. The lowest BCUT2D eigenvalue weighted by atomic mass is 10.1. The third kappa shape index (κ3) is 8.15. The third-order valence-electron chi connectivity index (χ3n) is 4.55. The van der Waals surface area contributed by atoms with Crippen LogP contribution in [-0.4, -0.2) is 33.4 Å². The van der Waals surface area contributed by atoms with Crippen LogP contribution in [0.15, 0.2) is 53.4 Å². The molecule has 0 aromatic heterocycles. The minimum atomic E-state index is -3.49. The fourth-order valence-electron chi connectivity index (χ4n) is 2.72. The normalized spacial score (nSPS) is 11.2. The van der Waals surface area contributed by atoms with Crippen molar-refractivity contribution in [2.75, 3.05) is 18.5 Å². The highest BCUT2D eigenvalue weighted by atomic mass is 32.2. The molecular weight excluding hydrogens is 416 g/mol. The van der Waals surface area contributed by atoms with Gasteiger partial charge in [-0.15, -0.1) is 0 Å². The molecule has 0 radical (unpaired) electrons.